The average Bonchev–Trinajstić information content (AvgIpc) is 2.57. The first-order valence-electron chi connectivity index (χ1n) is 8.46. The van der Waals surface area contributed by atoms with Gasteiger partial charge in [0, 0.05) is 12.5 Å². The Hall–Kier alpha value is -1.39. The van der Waals surface area contributed by atoms with Gasteiger partial charge < -0.3 is 15.7 Å². The average molecular weight is 302 g/mol. The molecule has 0 aromatic heterocycles. The number of aliphatic hydroxyl groups is 1. The van der Waals surface area contributed by atoms with Crippen LogP contribution in [0.1, 0.15) is 44.1 Å². The normalized spacial score (nSPS) is 32.4. The predicted molar refractivity (Wildman–Crippen MR) is 86.3 cm³/mol. The summed E-state index contributed by atoms with van der Waals surface area (Å²) in [5, 5.41) is 16.4. The number of amides is 1. The van der Waals surface area contributed by atoms with Crippen LogP contribution < -0.4 is 10.6 Å². The zero-order chi connectivity index (χ0) is 15.4. The molecule has 1 aliphatic carbocycles. The number of hydrogen-bond donors (Lipinski definition) is 3. The van der Waals surface area contributed by atoms with Gasteiger partial charge in [-0.2, -0.15) is 0 Å². The second-order valence-electron chi connectivity index (χ2n) is 6.72. The molecule has 4 nitrogen and oxygen atoms in total. The van der Waals surface area contributed by atoms with E-state index in [1.165, 1.54) is 5.56 Å². The van der Waals surface area contributed by atoms with Gasteiger partial charge in [-0.3, -0.25) is 4.79 Å². The van der Waals surface area contributed by atoms with E-state index in [-0.39, 0.29) is 23.5 Å². The van der Waals surface area contributed by atoms with Crippen molar-refractivity contribution in [2.75, 3.05) is 13.1 Å². The van der Waals surface area contributed by atoms with E-state index in [0.29, 0.717) is 0 Å². The van der Waals surface area contributed by atoms with Crippen molar-refractivity contribution < 1.29 is 9.90 Å². The predicted octanol–water partition coefficient (Wildman–Crippen LogP) is 1.93. The Bertz CT molecular complexity index is 489. The minimum Gasteiger partial charge on any atom is -0.393 e. The fourth-order valence-electron chi connectivity index (χ4n) is 3.76. The highest BCUT2D eigenvalue weighted by atomic mass is 16.3. The van der Waals surface area contributed by atoms with Crippen molar-refractivity contribution in [3.63, 3.8) is 0 Å². The number of carbonyl (C=O) groups excluding carboxylic acids is 1. The summed E-state index contributed by atoms with van der Waals surface area (Å²) in [5.74, 6) is 0.199. The minimum atomic E-state index is -0.285. The third-order valence-electron chi connectivity index (χ3n) is 5.14. The van der Waals surface area contributed by atoms with E-state index in [2.05, 4.69) is 22.8 Å². The van der Waals surface area contributed by atoms with Crippen LogP contribution >= 0.6 is 0 Å². The fraction of sp³-hybridized carbons (Fsp3) is 0.611. The van der Waals surface area contributed by atoms with Gasteiger partial charge >= 0.3 is 0 Å². The largest absolute Gasteiger partial charge is 0.393 e. The molecule has 1 aromatic rings. The lowest BCUT2D eigenvalue weighted by Gasteiger charge is -2.40. The Morgan fingerprint density at radius 1 is 1.18 bits per heavy atom. The van der Waals surface area contributed by atoms with Crippen LogP contribution in [0.25, 0.3) is 0 Å². The van der Waals surface area contributed by atoms with Crippen LogP contribution in [0.4, 0.5) is 0 Å². The molecular formula is C18H26N2O2. The van der Waals surface area contributed by atoms with Gasteiger partial charge in [-0.25, -0.2) is 0 Å². The SMILES string of the molecule is O=C(N[C@]1(c2ccccc2)CCCNC1)C1CCC(O)CC1. The molecule has 0 unspecified atom stereocenters. The third kappa shape index (κ3) is 3.33. The maximum absolute atomic E-state index is 12.7. The Labute approximate surface area is 132 Å². The van der Waals surface area contributed by atoms with Gasteiger partial charge in [0.25, 0.3) is 0 Å². The second kappa shape index (κ2) is 6.80. The zero-order valence-corrected chi connectivity index (χ0v) is 13.1. The van der Waals surface area contributed by atoms with Crippen molar-refractivity contribution in [2.24, 2.45) is 5.92 Å². The smallest absolute Gasteiger partial charge is 0.223 e. The summed E-state index contributed by atoms with van der Waals surface area (Å²) in [4.78, 5) is 12.7. The lowest BCUT2D eigenvalue weighted by molar-refractivity contribution is -0.129. The van der Waals surface area contributed by atoms with Gasteiger partial charge in [0.05, 0.1) is 11.6 Å². The monoisotopic (exact) mass is 302 g/mol. The number of aliphatic hydroxyl groups excluding tert-OH is 1. The van der Waals surface area contributed by atoms with E-state index in [9.17, 15) is 9.90 Å². The Morgan fingerprint density at radius 2 is 1.91 bits per heavy atom. The van der Waals surface area contributed by atoms with Crippen LogP contribution in [-0.2, 0) is 10.3 Å². The molecular weight excluding hydrogens is 276 g/mol. The topological polar surface area (TPSA) is 61.4 Å². The van der Waals surface area contributed by atoms with Crippen LogP contribution in [0.15, 0.2) is 30.3 Å². The molecule has 1 aliphatic heterocycles. The fourth-order valence-corrected chi connectivity index (χ4v) is 3.76. The molecule has 1 heterocycles. The molecule has 1 saturated carbocycles. The summed E-state index contributed by atoms with van der Waals surface area (Å²) < 4.78 is 0. The molecule has 1 aromatic carbocycles. The molecule has 2 fully saturated rings. The van der Waals surface area contributed by atoms with Gasteiger partial charge in [-0.05, 0) is 50.6 Å². The first-order chi connectivity index (χ1) is 10.7. The summed E-state index contributed by atoms with van der Waals surface area (Å²) in [7, 11) is 0. The van der Waals surface area contributed by atoms with Gasteiger partial charge in [0.2, 0.25) is 5.91 Å². The van der Waals surface area contributed by atoms with Crippen molar-refractivity contribution in [3.8, 4) is 0 Å². The van der Waals surface area contributed by atoms with Crippen LogP contribution in [0, 0.1) is 5.92 Å². The lowest BCUT2D eigenvalue weighted by atomic mass is 9.81. The Morgan fingerprint density at radius 3 is 2.55 bits per heavy atom. The van der Waals surface area contributed by atoms with Gasteiger partial charge in [0.15, 0.2) is 0 Å². The maximum Gasteiger partial charge on any atom is 0.223 e. The van der Waals surface area contributed by atoms with Gasteiger partial charge in [-0.1, -0.05) is 30.3 Å². The molecule has 3 N–H and O–H groups in total. The van der Waals surface area contributed by atoms with Crippen LogP contribution in [0.2, 0.25) is 0 Å². The zero-order valence-electron chi connectivity index (χ0n) is 13.1. The maximum atomic E-state index is 12.7. The van der Waals surface area contributed by atoms with Crippen molar-refractivity contribution in [1.82, 2.24) is 10.6 Å². The highest BCUT2D eigenvalue weighted by Crippen LogP contribution is 2.31. The van der Waals surface area contributed by atoms with Crippen LogP contribution in [-0.4, -0.2) is 30.2 Å². The van der Waals surface area contributed by atoms with Crippen molar-refractivity contribution >= 4 is 5.91 Å². The number of nitrogens with one attached hydrogen (secondary N) is 2. The van der Waals surface area contributed by atoms with E-state index < -0.39 is 0 Å². The molecule has 1 amide bonds. The molecule has 3 rings (SSSR count). The van der Waals surface area contributed by atoms with Crippen molar-refractivity contribution in [3.05, 3.63) is 35.9 Å². The number of benzene rings is 1. The second-order valence-corrected chi connectivity index (χ2v) is 6.72. The highest BCUT2D eigenvalue weighted by Gasteiger charge is 2.37. The van der Waals surface area contributed by atoms with Crippen LogP contribution in [0.3, 0.4) is 0 Å². The summed E-state index contributed by atoms with van der Waals surface area (Å²) >= 11 is 0. The van der Waals surface area contributed by atoms with Gasteiger partial charge in [0.1, 0.15) is 0 Å². The van der Waals surface area contributed by atoms with E-state index in [4.69, 9.17) is 0 Å². The van der Waals surface area contributed by atoms with Crippen LogP contribution in [0.5, 0.6) is 0 Å². The molecule has 0 spiro atoms. The first-order valence-corrected chi connectivity index (χ1v) is 8.46. The molecule has 4 heteroatoms. The summed E-state index contributed by atoms with van der Waals surface area (Å²) in [6.07, 6.45) is 4.91. The lowest BCUT2D eigenvalue weighted by Crippen LogP contribution is -2.56. The van der Waals surface area contributed by atoms with Crippen molar-refractivity contribution in [2.45, 2.75) is 50.2 Å². The molecule has 0 radical (unpaired) electrons. The summed E-state index contributed by atoms with van der Waals surface area (Å²) in [5.41, 5.74) is 0.901. The van der Waals surface area contributed by atoms with E-state index in [1.807, 2.05) is 18.2 Å². The first kappa shape index (κ1) is 15.5. The summed E-state index contributed by atoms with van der Waals surface area (Å²) in [6, 6.07) is 10.3. The number of carbonyl (C=O) groups is 1. The standard InChI is InChI=1S/C18H26N2O2/c21-16-9-7-14(8-10-16)17(22)20-18(11-4-12-19-13-18)15-5-2-1-3-6-15/h1-3,5-6,14,16,19,21H,4,7-13H2,(H,20,22)/t14?,16?,18-/m1/s1. The molecule has 0 bridgehead atoms. The molecule has 1 atom stereocenters. The molecule has 22 heavy (non-hydrogen) atoms. The highest BCUT2D eigenvalue weighted by molar-refractivity contribution is 5.79. The van der Waals surface area contributed by atoms with E-state index in [1.54, 1.807) is 0 Å². The molecule has 120 valence electrons. The number of rotatable bonds is 3. The summed E-state index contributed by atoms with van der Waals surface area (Å²) in [6.45, 7) is 1.80. The Balaban J connectivity index is 1.74. The molecule has 2 aliphatic rings. The van der Waals surface area contributed by atoms with Crippen molar-refractivity contribution in [1.29, 1.82) is 0 Å². The van der Waals surface area contributed by atoms with E-state index >= 15 is 0 Å². The Kier molecular flexibility index (Phi) is 4.79. The molecule has 1 saturated heterocycles. The van der Waals surface area contributed by atoms with E-state index in [0.717, 1.165) is 51.6 Å². The number of hydrogen-bond acceptors (Lipinski definition) is 3. The quantitative estimate of drug-likeness (QED) is 0.799. The third-order valence-corrected chi connectivity index (χ3v) is 5.14. The van der Waals surface area contributed by atoms with Gasteiger partial charge in [-0.15, -0.1) is 0 Å². The minimum absolute atomic E-state index is 0.0471. The number of piperidine rings is 1.